The van der Waals surface area contributed by atoms with Crippen LogP contribution in [-0.2, 0) is 16.6 Å². The molecule has 42 heavy (non-hydrogen) atoms. The molecule has 2 aliphatic heterocycles. The van der Waals surface area contributed by atoms with Gasteiger partial charge in [-0.2, -0.15) is 5.10 Å². The van der Waals surface area contributed by atoms with Crippen LogP contribution in [-0.4, -0.2) is 59.9 Å². The van der Waals surface area contributed by atoms with Crippen molar-refractivity contribution < 1.29 is 19.1 Å². The number of ether oxygens (including phenoxy) is 1. The van der Waals surface area contributed by atoms with E-state index < -0.39 is 5.92 Å². The molecule has 1 atom stereocenters. The number of aromatic nitrogens is 2. The van der Waals surface area contributed by atoms with Crippen LogP contribution in [0.25, 0.3) is 0 Å². The van der Waals surface area contributed by atoms with Crippen LogP contribution in [0, 0.1) is 6.92 Å². The van der Waals surface area contributed by atoms with E-state index in [1.807, 2.05) is 31.2 Å². The number of anilines is 3. The molecule has 0 spiro atoms. The molecule has 0 saturated carbocycles. The molecule has 6 rings (SSSR count). The molecule has 0 radical (unpaired) electrons. The van der Waals surface area contributed by atoms with Crippen LogP contribution in [0.15, 0.2) is 77.8 Å². The van der Waals surface area contributed by atoms with E-state index in [2.05, 4.69) is 25.6 Å². The monoisotopic (exact) mass is 562 g/mol. The number of hydrogen-bond donors (Lipinski definition) is 2. The molecule has 0 bridgehead atoms. The first-order valence-electron chi connectivity index (χ1n) is 13.7. The fraction of sp³-hybridized carbons (Fsp3) is 0.219. The zero-order valence-corrected chi connectivity index (χ0v) is 23.3. The number of carbonyl (C=O) groups is 3. The number of fused-ring (bicyclic) bond motifs is 1. The highest BCUT2D eigenvalue weighted by atomic mass is 16.5. The number of aryl methyl sites for hydroxylation is 2. The maximum atomic E-state index is 13.5. The quantitative estimate of drug-likeness (QED) is 0.253. The van der Waals surface area contributed by atoms with Gasteiger partial charge in [0.1, 0.15) is 11.6 Å². The second-order valence-electron chi connectivity index (χ2n) is 10.3. The summed E-state index contributed by atoms with van der Waals surface area (Å²) < 4.78 is 6.94. The summed E-state index contributed by atoms with van der Waals surface area (Å²) in [7, 11) is 1.70. The predicted octanol–water partition coefficient (Wildman–Crippen LogP) is 4.49. The van der Waals surface area contributed by atoms with Gasteiger partial charge in [0, 0.05) is 54.5 Å². The van der Waals surface area contributed by atoms with Crippen molar-refractivity contribution in [3.63, 3.8) is 0 Å². The minimum Gasteiger partial charge on any atom is -0.378 e. The van der Waals surface area contributed by atoms with Crippen LogP contribution in [0.4, 0.5) is 22.7 Å². The molecule has 212 valence electrons. The third-order valence-electron chi connectivity index (χ3n) is 7.41. The molecule has 0 aliphatic carbocycles. The summed E-state index contributed by atoms with van der Waals surface area (Å²) >= 11 is 0. The van der Waals surface area contributed by atoms with Crippen molar-refractivity contribution in [3.05, 3.63) is 101 Å². The molecule has 1 unspecified atom stereocenters. The van der Waals surface area contributed by atoms with Crippen LogP contribution >= 0.6 is 0 Å². The molecule has 2 amide bonds. The van der Waals surface area contributed by atoms with Crippen molar-refractivity contribution in [1.82, 2.24) is 9.78 Å². The van der Waals surface area contributed by atoms with E-state index in [-0.39, 0.29) is 17.6 Å². The Balaban J connectivity index is 1.18. The number of benzene rings is 3. The normalized spacial score (nSPS) is 16.4. The lowest BCUT2D eigenvalue weighted by molar-refractivity contribution is -0.115. The van der Waals surface area contributed by atoms with E-state index >= 15 is 0 Å². The Labute approximate surface area is 243 Å². The van der Waals surface area contributed by atoms with Gasteiger partial charge in [0.05, 0.1) is 24.6 Å². The van der Waals surface area contributed by atoms with Crippen molar-refractivity contribution >= 4 is 46.6 Å². The highest BCUT2D eigenvalue weighted by molar-refractivity contribution is 6.15. The standard InChI is InChI=1S/C32H30N6O4/c1-20-16-29(37(2)36-20)32(41)34-24-5-3-4-21(17-24)30(39)22-6-11-28-26(18-22)27(31(40)35-28)19-33-23-7-9-25(10-8-23)38-12-14-42-15-13-38/h3-11,16-19,27H,12-15H2,1-2H3,(H,34,41)(H,35,40). The number of ketones is 1. The first kappa shape index (κ1) is 27.1. The molecule has 3 aromatic carbocycles. The fourth-order valence-electron chi connectivity index (χ4n) is 5.23. The summed E-state index contributed by atoms with van der Waals surface area (Å²) in [4.78, 5) is 45.8. The number of nitrogens with zero attached hydrogens (tertiary/aromatic N) is 4. The van der Waals surface area contributed by atoms with Gasteiger partial charge < -0.3 is 20.3 Å². The number of aliphatic imine (C=N–C) groups is 1. The topological polar surface area (TPSA) is 118 Å². The Kier molecular flexibility index (Phi) is 7.37. The average molecular weight is 563 g/mol. The van der Waals surface area contributed by atoms with E-state index in [0.717, 1.165) is 30.2 Å². The van der Waals surface area contributed by atoms with Gasteiger partial charge in [-0.05, 0) is 73.2 Å². The third-order valence-corrected chi connectivity index (χ3v) is 7.41. The molecule has 3 heterocycles. The van der Waals surface area contributed by atoms with Gasteiger partial charge in [-0.1, -0.05) is 12.1 Å². The Morgan fingerprint density at radius 2 is 1.79 bits per heavy atom. The highest BCUT2D eigenvalue weighted by Gasteiger charge is 2.30. The molecule has 2 aliphatic rings. The van der Waals surface area contributed by atoms with Gasteiger partial charge in [0.25, 0.3) is 5.91 Å². The maximum absolute atomic E-state index is 13.5. The summed E-state index contributed by atoms with van der Waals surface area (Å²) in [6.07, 6.45) is 1.62. The molecule has 2 N–H and O–H groups in total. The minimum atomic E-state index is -0.625. The molecule has 1 fully saturated rings. The largest absolute Gasteiger partial charge is 0.378 e. The predicted molar refractivity (Wildman–Crippen MR) is 161 cm³/mol. The zero-order chi connectivity index (χ0) is 29.2. The minimum absolute atomic E-state index is 0.196. The molecule has 1 aromatic heterocycles. The first-order chi connectivity index (χ1) is 20.4. The molecule has 1 saturated heterocycles. The van der Waals surface area contributed by atoms with E-state index in [0.29, 0.717) is 47.0 Å². The first-order valence-corrected chi connectivity index (χ1v) is 13.7. The van der Waals surface area contributed by atoms with Crippen LogP contribution in [0.1, 0.15) is 43.6 Å². The van der Waals surface area contributed by atoms with Gasteiger partial charge in [-0.3, -0.25) is 24.1 Å². The number of carbonyl (C=O) groups excluding carboxylic acids is 3. The molecule has 4 aromatic rings. The lowest BCUT2D eigenvalue weighted by atomic mass is 9.96. The fourth-order valence-corrected chi connectivity index (χ4v) is 5.23. The summed E-state index contributed by atoms with van der Waals surface area (Å²) in [5, 5.41) is 9.92. The summed E-state index contributed by atoms with van der Waals surface area (Å²) in [5.74, 6) is -1.36. The third kappa shape index (κ3) is 5.57. The summed E-state index contributed by atoms with van der Waals surface area (Å²) in [6, 6.07) is 21.5. The number of hydrogen-bond acceptors (Lipinski definition) is 7. The van der Waals surface area contributed by atoms with Gasteiger partial charge in [-0.25, -0.2) is 0 Å². The average Bonchev–Trinajstić information content (AvgIpc) is 3.52. The van der Waals surface area contributed by atoms with E-state index in [1.165, 1.54) is 4.68 Å². The van der Waals surface area contributed by atoms with Crippen LogP contribution < -0.4 is 15.5 Å². The Morgan fingerprint density at radius 3 is 2.52 bits per heavy atom. The van der Waals surface area contributed by atoms with E-state index in [9.17, 15) is 14.4 Å². The second kappa shape index (κ2) is 11.4. The second-order valence-corrected chi connectivity index (χ2v) is 10.3. The van der Waals surface area contributed by atoms with Gasteiger partial charge in [0.2, 0.25) is 5.91 Å². The smallest absolute Gasteiger partial charge is 0.273 e. The van der Waals surface area contributed by atoms with Gasteiger partial charge in [-0.15, -0.1) is 0 Å². The van der Waals surface area contributed by atoms with Crippen molar-refractivity contribution in [2.75, 3.05) is 41.8 Å². The van der Waals surface area contributed by atoms with E-state index in [4.69, 9.17) is 4.74 Å². The lowest BCUT2D eigenvalue weighted by Gasteiger charge is -2.28. The molecular formula is C32H30N6O4. The zero-order valence-electron chi connectivity index (χ0n) is 23.3. The van der Waals surface area contributed by atoms with Crippen molar-refractivity contribution in [1.29, 1.82) is 0 Å². The number of morpholine rings is 1. The van der Waals surface area contributed by atoms with Crippen molar-refractivity contribution in [2.24, 2.45) is 12.0 Å². The Morgan fingerprint density at radius 1 is 1.02 bits per heavy atom. The molecule has 10 heteroatoms. The Bertz CT molecular complexity index is 1700. The Hall–Kier alpha value is -5.09. The number of nitrogens with one attached hydrogen (secondary N) is 2. The van der Waals surface area contributed by atoms with Crippen LogP contribution in [0.3, 0.4) is 0 Å². The van der Waals surface area contributed by atoms with Crippen molar-refractivity contribution in [3.8, 4) is 0 Å². The SMILES string of the molecule is Cc1cc(C(=O)Nc2cccc(C(=O)c3ccc4c(c3)C(C=Nc3ccc(N5CCOCC5)cc3)C(=O)N4)c2)n(C)n1. The van der Waals surface area contributed by atoms with E-state index in [1.54, 1.807) is 61.8 Å². The molecular weight excluding hydrogens is 532 g/mol. The van der Waals surface area contributed by atoms with Gasteiger partial charge >= 0.3 is 0 Å². The summed E-state index contributed by atoms with van der Waals surface area (Å²) in [6.45, 7) is 4.96. The van der Waals surface area contributed by atoms with Crippen LogP contribution in [0.5, 0.6) is 0 Å². The van der Waals surface area contributed by atoms with Crippen LogP contribution in [0.2, 0.25) is 0 Å². The molecule has 10 nitrogen and oxygen atoms in total. The van der Waals surface area contributed by atoms with Gasteiger partial charge in [0.15, 0.2) is 5.78 Å². The van der Waals surface area contributed by atoms with Crippen molar-refractivity contribution in [2.45, 2.75) is 12.8 Å². The highest BCUT2D eigenvalue weighted by Crippen LogP contribution is 2.33. The lowest BCUT2D eigenvalue weighted by Crippen LogP contribution is -2.36. The number of amides is 2. The summed E-state index contributed by atoms with van der Waals surface area (Å²) in [5.41, 5.74) is 5.69. The number of rotatable bonds is 7. The maximum Gasteiger partial charge on any atom is 0.273 e.